The third-order valence-electron chi connectivity index (χ3n) is 4.17. The fourth-order valence-electron chi connectivity index (χ4n) is 2.87. The third kappa shape index (κ3) is 4.99. The Morgan fingerprint density at radius 2 is 1.74 bits per heavy atom. The number of carboxylic acids is 1. The monoisotopic (exact) mass is 335 g/mol. The molecule has 1 aliphatic rings. The Labute approximate surface area is 142 Å². The fraction of sp³-hybridized carbons (Fsp3) is 0.556. The molecule has 0 saturated carbocycles. The molecule has 1 aromatic carbocycles. The summed E-state index contributed by atoms with van der Waals surface area (Å²) in [4.78, 5) is 23.9. The SMILES string of the molecule is CC(C)Cc1ccc(CC(=O)NC2(C(=O)O)CCSCC2)cc1. The van der Waals surface area contributed by atoms with Gasteiger partial charge in [-0.05, 0) is 47.8 Å². The quantitative estimate of drug-likeness (QED) is 0.839. The van der Waals surface area contributed by atoms with Crippen molar-refractivity contribution in [2.45, 2.75) is 45.1 Å². The van der Waals surface area contributed by atoms with Crippen LogP contribution >= 0.6 is 11.8 Å². The van der Waals surface area contributed by atoms with Crippen molar-refractivity contribution in [3.8, 4) is 0 Å². The number of hydrogen-bond acceptors (Lipinski definition) is 3. The molecular weight excluding hydrogens is 310 g/mol. The number of hydrogen-bond donors (Lipinski definition) is 2. The Morgan fingerprint density at radius 1 is 1.17 bits per heavy atom. The van der Waals surface area contributed by atoms with E-state index in [4.69, 9.17) is 0 Å². The van der Waals surface area contributed by atoms with Crippen molar-refractivity contribution in [1.82, 2.24) is 5.32 Å². The zero-order chi connectivity index (χ0) is 16.9. The lowest BCUT2D eigenvalue weighted by atomic mass is 9.92. The van der Waals surface area contributed by atoms with Crippen LogP contribution in [0.1, 0.15) is 37.8 Å². The summed E-state index contributed by atoms with van der Waals surface area (Å²) in [5.74, 6) is 1.02. The van der Waals surface area contributed by atoms with Gasteiger partial charge in [-0.1, -0.05) is 38.1 Å². The van der Waals surface area contributed by atoms with E-state index in [0.717, 1.165) is 23.5 Å². The van der Waals surface area contributed by atoms with E-state index in [-0.39, 0.29) is 12.3 Å². The van der Waals surface area contributed by atoms with E-state index in [1.165, 1.54) is 5.56 Å². The highest BCUT2D eigenvalue weighted by Gasteiger charge is 2.41. The number of thioether (sulfide) groups is 1. The van der Waals surface area contributed by atoms with Gasteiger partial charge in [0.15, 0.2) is 0 Å². The Bertz CT molecular complexity index is 548. The molecule has 1 amide bonds. The first kappa shape index (κ1) is 17.9. The van der Waals surface area contributed by atoms with Crippen LogP contribution in [0.25, 0.3) is 0 Å². The predicted molar refractivity (Wildman–Crippen MR) is 93.8 cm³/mol. The fourth-order valence-corrected chi connectivity index (χ4v) is 4.06. The van der Waals surface area contributed by atoms with Crippen LogP contribution in [0.15, 0.2) is 24.3 Å². The topological polar surface area (TPSA) is 66.4 Å². The number of rotatable bonds is 6. The van der Waals surface area contributed by atoms with Gasteiger partial charge in [0.2, 0.25) is 5.91 Å². The number of carboxylic acid groups (broad SMARTS) is 1. The maximum absolute atomic E-state index is 12.3. The molecule has 23 heavy (non-hydrogen) atoms. The molecule has 2 rings (SSSR count). The van der Waals surface area contributed by atoms with Crippen molar-refractivity contribution >= 4 is 23.6 Å². The average molecular weight is 335 g/mol. The first-order chi connectivity index (χ1) is 10.9. The Kier molecular flexibility index (Phi) is 6.10. The van der Waals surface area contributed by atoms with Gasteiger partial charge in [0.1, 0.15) is 5.54 Å². The molecule has 2 N–H and O–H groups in total. The normalized spacial score (nSPS) is 17.0. The van der Waals surface area contributed by atoms with Crippen LogP contribution in [0.3, 0.4) is 0 Å². The Hall–Kier alpha value is -1.49. The van der Waals surface area contributed by atoms with Gasteiger partial charge in [-0.15, -0.1) is 0 Å². The molecule has 126 valence electrons. The van der Waals surface area contributed by atoms with Crippen molar-refractivity contribution in [3.63, 3.8) is 0 Å². The molecule has 5 heteroatoms. The molecule has 0 spiro atoms. The van der Waals surface area contributed by atoms with Gasteiger partial charge < -0.3 is 10.4 Å². The van der Waals surface area contributed by atoms with Crippen LogP contribution in [-0.2, 0) is 22.4 Å². The van der Waals surface area contributed by atoms with Gasteiger partial charge >= 0.3 is 5.97 Å². The first-order valence-corrected chi connectivity index (χ1v) is 9.27. The standard InChI is InChI=1S/C18H25NO3S/c1-13(2)11-14-3-5-15(6-4-14)12-16(20)19-18(17(21)22)7-9-23-10-8-18/h3-6,13H,7-12H2,1-2H3,(H,19,20)(H,21,22). The minimum Gasteiger partial charge on any atom is -0.480 e. The summed E-state index contributed by atoms with van der Waals surface area (Å²) in [5, 5.41) is 12.3. The van der Waals surface area contributed by atoms with Gasteiger partial charge in [-0.2, -0.15) is 11.8 Å². The van der Waals surface area contributed by atoms with Crippen LogP contribution in [0.2, 0.25) is 0 Å². The second kappa shape index (κ2) is 7.86. The molecule has 4 nitrogen and oxygen atoms in total. The van der Waals surface area contributed by atoms with Crippen LogP contribution in [0, 0.1) is 5.92 Å². The van der Waals surface area contributed by atoms with E-state index < -0.39 is 11.5 Å². The Morgan fingerprint density at radius 3 is 2.26 bits per heavy atom. The summed E-state index contributed by atoms with van der Waals surface area (Å²) in [6, 6.07) is 8.02. The summed E-state index contributed by atoms with van der Waals surface area (Å²) >= 11 is 1.74. The molecule has 0 aliphatic carbocycles. The van der Waals surface area contributed by atoms with E-state index >= 15 is 0 Å². The summed E-state index contributed by atoms with van der Waals surface area (Å²) in [6.45, 7) is 4.35. The van der Waals surface area contributed by atoms with Gasteiger partial charge in [0.25, 0.3) is 0 Å². The van der Waals surface area contributed by atoms with Gasteiger partial charge in [0, 0.05) is 0 Å². The molecule has 1 heterocycles. The van der Waals surface area contributed by atoms with Crippen molar-refractivity contribution in [2.24, 2.45) is 5.92 Å². The molecule has 0 radical (unpaired) electrons. The lowest BCUT2D eigenvalue weighted by Crippen LogP contribution is -2.56. The van der Waals surface area contributed by atoms with Gasteiger partial charge in [0.05, 0.1) is 6.42 Å². The number of nitrogens with one attached hydrogen (secondary N) is 1. The highest BCUT2D eigenvalue weighted by atomic mass is 32.2. The second-order valence-electron chi connectivity index (χ2n) is 6.64. The van der Waals surface area contributed by atoms with Gasteiger partial charge in [-0.25, -0.2) is 4.79 Å². The molecule has 0 unspecified atom stereocenters. The van der Waals surface area contributed by atoms with E-state index in [0.29, 0.717) is 18.8 Å². The number of carbonyl (C=O) groups is 2. The molecule has 1 fully saturated rings. The maximum atomic E-state index is 12.3. The van der Waals surface area contributed by atoms with Crippen LogP contribution in [0.5, 0.6) is 0 Å². The zero-order valence-electron chi connectivity index (χ0n) is 13.8. The second-order valence-corrected chi connectivity index (χ2v) is 7.86. The molecule has 0 bridgehead atoms. The van der Waals surface area contributed by atoms with Crippen molar-refractivity contribution in [3.05, 3.63) is 35.4 Å². The maximum Gasteiger partial charge on any atom is 0.329 e. The van der Waals surface area contributed by atoms with E-state index in [9.17, 15) is 14.7 Å². The number of carbonyl (C=O) groups excluding carboxylic acids is 1. The lowest BCUT2D eigenvalue weighted by Gasteiger charge is -2.33. The average Bonchev–Trinajstić information content (AvgIpc) is 2.49. The van der Waals surface area contributed by atoms with Crippen LogP contribution in [-0.4, -0.2) is 34.0 Å². The molecule has 1 saturated heterocycles. The largest absolute Gasteiger partial charge is 0.480 e. The zero-order valence-corrected chi connectivity index (χ0v) is 14.6. The van der Waals surface area contributed by atoms with Crippen LogP contribution in [0.4, 0.5) is 0 Å². The third-order valence-corrected chi connectivity index (χ3v) is 5.15. The van der Waals surface area contributed by atoms with E-state index in [2.05, 4.69) is 19.2 Å². The summed E-state index contributed by atoms with van der Waals surface area (Å²) in [7, 11) is 0. The summed E-state index contributed by atoms with van der Waals surface area (Å²) < 4.78 is 0. The Balaban J connectivity index is 1.96. The molecular formula is C18H25NO3S. The minimum atomic E-state index is -1.08. The predicted octanol–water partition coefficient (Wildman–Crippen LogP) is 2.89. The molecule has 1 aliphatic heterocycles. The van der Waals surface area contributed by atoms with Crippen LogP contribution < -0.4 is 5.32 Å². The number of aliphatic carboxylic acids is 1. The van der Waals surface area contributed by atoms with Gasteiger partial charge in [-0.3, -0.25) is 4.79 Å². The van der Waals surface area contributed by atoms with E-state index in [1.54, 1.807) is 11.8 Å². The summed E-state index contributed by atoms with van der Waals surface area (Å²) in [6.07, 6.45) is 2.23. The summed E-state index contributed by atoms with van der Waals surface area (Å²) in [5.41, 5.74) is 1.09. The first-order valence-electron chi connectivity index (χ1n) is 8.11. The number of amides is 1. The highest BCUT2D eigenvalue weighted by Crippen LogP contribution is 2.27. The minimum absolute atomic E-state index is 0.212. The van der Waals surface area contributed by atoms with E-state index in [1.807, 2.05) is 24.3 Å². The number of benzene rings is 1. The van der Waals surface area contributed by atoms with Crippen molar-refractivity contribution in [1.29, 1.82) is 0 Å². The molecule has 0 aromatic heterocycles. The van der Waals surface area contributed by atoms with Crippen molar-refractivity contribution < 1.29 is 14.7 Å². The lowest BCUT2D eigenvalue weighted by molar-refractivity contribution is -0.148. The smallest absolute Gasteiger partial charge is 0.329 e. The molecule has 1 aromatic rings. The highest BCUT2D eigenvalue weighted by molar-refractivity contribution is 7.99. The van der Waals surface area contributed by atoms with Crippen molar-refractivity contribution in [2.75, 3.05) is 11.5 Å². The molecule has 0 atom stereocenters.